The van der Waals surface area contributed by atoms with Crippen LogP contribution in [-0.4, -0.2) is 29.1 Å². The molecule has 2 fully saturated rings. The van der Waals surface area contributed by atoms with Crippen molar-refractivity contribution in [1.29, 1.82) is 0 Å². The van der Waals surface area contributed by atoms with Gasteiger partial charge < -0.3 is 10.0 Å². The van der Waals surface area contributed by atoms with Crippen LogP contribution in [0.4, 0.5) is 5.69 Å². The first kappa shape index (κ1) is 10.6. The number of aromatic nitrogens is 1. The fourth-order valence-electron chi connectivity index (χ4n) is 3.25. The maximum absolute atomic E-state index is 11.2. The SMILES string of the molecule is O=C(O)c1ccncc1N1CC2CCCC2C1. The third-order valence-corrected chi connectivity index (χ3v) is 4.10. The van der Waals surface area contributed by atoms with Crippen LogP contribution in [0.5, 0.6) is 0 Å². The van der Waals surface area contributed by atoms with Gasteiger partial charge in [0.1, 0.15) is 0 Å². The molecular formula is C13H16N2O2. The average molecular weight is 232 g/mol. The summed E-state index contributed by atoms with van der Waals surface area (Å²) in [5.41, 5.74) is 1.16. The van der Waals surface area contributed by atoms with Crippen molar-refractivity contribution < 1.29 is 9.90 Å². The summed E-state index contributed by atoms with van der Waals surface area (Å²) < 4.78 is 0. The minimum atomic E-state index is -0.862. The molecule has 1 aromatic rings. The molecule has 4 nitrogen and oxygen atoms in total. The van der Waals surface area contributed by atoms with E-state index in [2.05, 4.69) is 9.88 Å². The number of hydrogen-bond donors (Lipinski definition) is 1. The fraction of sp³-hybridized carbons (Fsp3) is 0.538. The second-order valence-electron chi connectivity index (χ2n) is 5.05. The Bertz CT molecular complexity index is 435. The molecule has 2 aliphatic rings. The smallest absolute Gasteiger partial charge is 0.337 e. The zero-order chi connectivity index (χ0) is 11.8. The van der Waals surface area contributed by atoms with E-state index in [1.165, 1.54) is 19.3 Å². The first-order chi connectivity index (χ1) is 8.25. The third-order valence-electron chi connectivity index (χ3n) is 4.10. The molecule has 1 aliphatic heterocycles. The Kier molecular flexibility index (Phi) is 2.50. The molecule has 0 amide bonds. The Labute approximate surface area is 100 Å². The number of carboxylic acid groups (broad SMARTS) is 1. The highest BCUT2D eigenvalue weighted by atomic mass is 16.4. The monoisotopic (exact) mass is 232 g/mol. The number of hydrogen-bond acceptors (Lipinski definition) is 3. The van der Waals surface area contributed by atoms with Crippen molar-refractivity contribution in [3.8, 4) is 0 Å². The summed E-state index contributed by atoms with van der Waals surface area (Å²) in [5, 5.41) is 9.17. The van der Waals surface area contributed by atoms with Gasteiger partial charge in [-0.05, 0) is 30.7 Å². The van der Waals surface area contributed by atoms with E-state index >= 15 is 0 Å². The quantitative estimate of drug-likeness (QED) is 0.847. The van der Waals surface area contributed by atoms with E-state index in [1.807, 2.05) is 0 Å². The molecule has 17 heavy (non-hydrogen) atoms. The average Bonchev–Trinajstić information content (AvgIpc) is 2.88. The molecule has 1 aliphatic carbocycles. The summed E-state index contributed by atoms with van der Waals surface area (Å²) in [6, 6.07) is 1.59. The summed E-state index contributed by atoms with van der Waals surface area (Å²) >= 11 is 0. The molecule has 4 heteroatoms. The van der Waals surface area contributed by atoms with Gasteiger partial charge in [0.25, 0.3) is 0 Å². The number of anilines is 1. The standard InChI is InChI=1S/C13H16N2O2/c16-13(17)11-4-5-14-6-12(11)15-7-9-2-1-3-10(9)8-15/h4-6,9-10H,1-3,7-8H2,(H,16,17). The number of nitrogens with zero attached hydrogens (tertiary/aromatic N) is 2. The highest BCUT2D eigenvalue weighted by Gasteiger charge is 2.37. The van der Waals surface area contributed by atoms with Crippen molar-refractivity contribution in [3.63, 3.8) is 0 Å². The van der Waals surface area contributed by atoms with Crippen LogP contribution >= 0.6 is 0 Å². The van der Waals surface area contributed by atoms with Gasteiger partial charge in [0, 0.05) is 19.3 Å². The topological polar surface area (TPSA) is 53.4 Å². The van der Waals surface area contributed by atoms with Gasteiger partial charge in [0.15, 0.2) is 0 Å². The number of fused-ring (bicyclic) bond motifs is 1. The fourth-order valence-corrected chi connectivity index (χ4v) is 3.25. The van der Waals surface area contributed by atoms with Crippen LogP contribution in [0, 0.1) is 11.8 Å². The molecule has 1 N–H and O–H groups in total. The number of rotatable bonds is 2. The van der Waals surface area contributed by atoms with Crippen molar-refractivity contribution in [2.45, 2.75) is 19.3 Å². The molecule has 2 atom stereocenters. The lowest BCUT2D eigenvalue weighted by Gasteiger charge is -2.20. The van der Waals surface area contributed by atoms with Crippen molar-refractivity contribution in [2.75, 3.05) is 18.0 Å². The van der Waals surface area contributed by atoms with Crippen LogP contribution in [0.25, 0.3) is 0 Å². The molecule has 90 valence electrons. The van der Waals surface area contributed by atoms with E-state index in [0.29, 0.717) is 5.56 Å². The van der Waals surface area contributed by atoms with Gasteiger partial charge in [-0.25, -0.2) is 4.79 Å². The Hall–Kier alpha value is -1.58. The van der Waals surface area contributed by atoms with E-state index in [1.54, 1.807) is 18.5 Å². The lowest BCUT2D eigenvalue weighted by molar-refractivity contribution is 0.0697. The van der Waals surface area contributed by atoms with Gasteiger partial charge in [0.05, 0.1) is 17.4 Å². The molecule has 0 radical (unpaired) electrons. The van der Waals surface area contributed by atoms with Crippen molar-refractivity contribution in [2.24, 2.45) is 11.8 Å². The highest BCUT2D eigenvalue weighted by Crippen LogP contribution is 2.40. The Morgan fingerprint density at radius 1 is 1.35 bits per heavy atom. The van der Waals surface area contributed by atoms with Gasteiger partial charge in [-0.1, -0.05) is 6.42 Å². The van der Waals surface area contributed by atoms with E-state index in [-0.39, 0.29) is 0 Å². The molecule has 2 heterocycles. The number of carboxylic acids is 1. The second kappa shape index (κ2) is 4.02. The normalized spacial score (nSPS) is 27.2. The molecule has 1 saturated heterocycles. The lowest BCUT2D eigenvalue weighted by atomic mass is 10.0. The lowest BCUT2D eigenvalue weighted by Crippen LogP contribution is -2.23. The van der Waals surface area contributed by atoms with Crippen LogP contribution in [0.3, 0.4) is 0 Å². The van der Waals surface area contributed by atoms with E-state index in [4.69, 9.17) is 0 Å². The summed E-state index contributed by atoms with van der Waals surface area (Å²) in [4.78, 5) is 17.4. The zero-order valence-electron chi connectivity index (χ0n) is 9.67. The minimum Gasteiger partial charge on any atom is -0.478 e. The molecule has 1 saturated carbocycles. The molecular weight excluding hydrogens is 216 g/mol. The van der Waals surface area contributed by atoms with Crippen LogP contribution in [0.15, 0.2) is 18.5 Å². The first-order valence-electron chi connectivity index (χ1n) is 6.18. The van der Waals surface area contributed by atoms with Gasteiger partial charge >= 0.3 is 5.97 Å². The van der Waals surface area contributed by atoms with Crippen molar-refractivity contribution in [1.82, 2.24) is 4.98 Å². The summed E-state index contributed by atoms with van der Waals surface area (Å²) in [6.07, 6.45) is 7.16. The number of carbonyl (C=O) groups is 1. The van der Waals surface area contributed by atoms with Crippen molar-refractivity contribution >= 4 is 11.7 Å². The molecule has 1 aromatic heterocycles. The molecule has 3 rings (SSSR count). The Morgan fingerprint density at radius 2 is 2.06 bits per heavy atom. The Balaban J connectivity index is 1.88. The van der Waals surface area contributed by atoms with Crippen LogP contribution in [0.2, 0.25) is 0 Å². The van der Waals surface area contributed by atoms with Gasteiger partial charge in [-0.15, -0.1) is 0 Å². The predicted molar refractivity (Wildman–Crippen MR) is 64.2 cm³/mol. The molecule has 0 aromatic carbocycles. The second-order valence-corrected chi connectivity index (χ2v) is 5.05. The van der Waals surface area contributed by atoms with Crippen LogP contribution in [-0.2, 0) is 0 Å². The predicted octanol–water partition coefficient (Wildman–Crippen LogP) is 2.02. The van der Waals surface area contributed by atoms with E-state index in [9.17, 15) is 9.90 Å². The minimum absolute atomic E-state index is 0.375. The van der Waals surface area contributed by atoms with Crippen LogP contribution in [0.1, 0.15) is 29.6 Å². The number of aromatic carboxylic acids is 1. The van der Waals surface area contributed by atoms with Gasteiger partial charge in [-0.2, -0.15) is 0 Å². The molecule has 2 unspecified atom stereocenters. The van der Waals surface area contributed by atoms with Gasteiger partial charge in [0.2, 0.25) is 0 Å². The largest absolute Gasteiger partial charge is 0.478 e. The summed E-state index contributed by atoms with van der Waals surface area (Å²) in [7, 11) is 0. The Morgan fingerprint density at radius 3 is 2.71 bits per heavy atom. The third kappa shape index (κ3) is 1.77. The van der Waals surface area contributed by atoms with E-state index in [0.717, 1.165) is 30.6 Å². The van der Waals surface area contributed by atoms with Crippen molar-refractivity contribution in [3.05, 3.63) is 24.0 Å². The highest BCUT2D eigenvalue weighted by molar-refractivity contribution is 5.94. The number of pyridine rings is 1. The molecule has 0 spiro atoms. The van der Waals surface area contributed by atoms with Gasteiger partial charge in [-0.3, -0.25) is 4.98 Å². The summed E-state index contributed by atoms with van der Waals surface area (Å²) in [5.74, 6) is 0.660. The van der Waals surface area contributed by atoms with E-state index < -0.39 is 5.97 Å². The van der Waals surface area contributed by atoms with Crippen LogP contribution < -0.4 is 4.90 Å². The zero-order valence-corrected chi connectivity index (χ0v) is 9.67. The maximum Gasteiger partial charge on any atom is 0.337 e. The first-order valence-corrected chi connectivity index (χ1v) is 6.18. The maximum atomic E-state index is 11.2. The summed E-state index contributed by atoms with van der Waals surface area (Å²) in [6.45, 7) is 1.99. The molecule has 0 bridgehead atoms.